The Morgan fingerprint density at radius 1 is 1.11 bits per heavy atom. The van der Waals surface area contributed by atoms with Gasteiger partial charge in [-0.3, -0.25) is 4.79 Å². The molecule has 2 fully saturated rings. The zero-order chi connectivity index (χ0) is 13.5. The van der Waals surface area contributed by atoms with Crippen molar-refractivity contribution in [3.8, 4) is 0 Å². The molecule has 2 heterocycles. The number of hydrogen-bond acceptors (Lipinski definition) is 3. The molecule has 2 aliphatic rings. The lowest BCUT2D eigenvalue weighted by Gasteiger charge is -2.44. The molecular formula is C14H17NO3S. The maximum Gasteiger partial charge on any atom is 0.175 e. The molecule has 2 aliphatic heterocycles. The minimum atomic E-state index is -3.46. The van der Waals surface area contributed by atoms with Crippen LogP contribution in [0.15, 0.2) is 35.2 Å². The van der Waals surface area contributed by atoms with Crippen LogP contribution in [-0.2, 0) is 19.4 Å². The Bertz CT molecular complexity index is 515. The predicted octanol–water partition coefficient (Wildman–Crippen LogP) is 2.18. The summed E-state index contributed by atoms with van der Waals surface area (Å²) in [6, 6.07) is 8.26. The molecule has 0 amide bonds. The van der Waals surface area contributed by atoms with Crippen LogP contribution in [0.2, 0.25) is 0 Å². The van der Waals surface area contributed by atoms with E-state index in [0.717, 1.165) is 19.3 Å². The summed E-state index contributed by atoms with van der Waals surface area (Å²) in [6.45, 7) is 0. The lowest BCUT2D eigenvalue weighted by molar-refractivity contribution is -0.124. The zero-order valence-electron chi connectivity index (χ0n) is 10.7. The zero-order valence-corrected chi connectivity index (χ0v) is 11.5. The van der Waals surface area contributed by atoms with E-state index in [1.54, 1.807) is 34.6 Å². The van der Waals surface area contributed by atoms with Crippen molar-refractivity contribution in [2.45, 2.75) is 49.1 Å². The smallest absolute Gasteiger partial charge is 0.175 e. The molecule has 0 aliphatic carbocycles. The quantitative estimate of drug-likeness (QED) is 0.780. The van der Waals surface area contributed by atoms with Crippen molar-refractivity contribution in [1.29, 1.82) is 0 Å². The van der Waals surface area contributed by atoms with Gasteiger partial charge in [-0.2, -0.15) is 0 Å². The van der Waals surface area contributed by atoms with Crippen LogP contribution in [0.1, 0.15) is 32.1 Å². The Morgan fingerprint density at radius 3 is 2.26 bits per heavy atom. The molecule has 2 bridgehead atoms. The van der Waals surface area contributed by atoms with Gasteiger partial charge >= 0.3 is 0 Å². The number of carbonyl (C=O) groups is 1. The third-order valence-corrected chi connectivity index (χ3v) is 6.06. The first kappa shape index (κ1) is 13.0. The molecule has 5 heteroatoms. The maximum atomic E-state index is 12.7. The topological polar surface area (TPSA) is 60.4 Å². The highest BCUT2D eigenvalue weighted by Gasteiger charge is 2.48. The van der Waals surface area contributed by atoms with Crippen molar-refractivity contribution in [1.82, 2.24) is 4.31 Å². The monoisotopic (exact) mass is 279 g/mol. The lowest BCUT2D eigenvalue weighted by Crippen LogP contribution is -2.56. The fourth-order valence-corrected chi connectivity index (χ4v) is 5.13. The van der Waals surface area contributed by atoms with Gasteiger partial charge in [-0.05, 0) is 31.4 Å². The van der Waals surface area contributed by atoms with Gasteiger partial charge in [0.25, 0.3) is 0 Å². The van der Waals surface area contributed by atoms with Crippen LogP contribution in [0.25, 0.3) is 0 Å². The molecule has 2 saturated heterocycles. The molecule has 0 N–H and O–H groups in total. The van der Waals surface area contributed by atoms with Crippen LogP contribution >= 0.6 is 0 Å². The van der Waals surface area contributed by atoms with Crippen LogP contribution in [0, 0.1) is 0 Å². The first-order valence-corrected chi connectivity index (χ1v) is 8.13. The van der Waals surface area contributed by atoms with Crippen molar-refractivity contribution in [2.24, 2.45) is 0 Å². The molecule has 4 nitrogen and oxygen atoms in total. The number of ketones is 1. The van der Waals surface area contributed by atoms with Gasteiger partial charge in [-0.1, -0.05) is 22.4 Å². The summed E-state index contributed by atoms with van der Waals surface area (Å²) < 4.78 is 27.0. The first-order valence-electron chi connectivity index (χ1n) is 6.69. The molecule has 0 radical (unpaired) electrons. The Kier molecular flexibility index (Phi) is 3.28. The molecule has 3 unspecified atom stereocenters. The highest BCUT2D eigenvalue weighted by Crippen LogP contribution is 2.38. The number of Topliss-reactive ketones (excluding diaryl/α,β-unsaturated/α-hetero) is 1. The van der Waals surface area contributed by atoms with E-state index in [4.69, 9.17) is 0 Å². The Labute approximate surface area is 114 Å². The van der Waals surface area contributed by atoms with Crippen molar-refractivity contribution >= 4 is 16.2 Å². The van der Waals surface area contributed by atoms with Crippen molar-refractivity contribution in [3.05, 3.63) is 30.3 Å². The summed E-state index contributed by atoms with van der Waals surface area (Å²) in [5, 5.41) is 0. The summed E-state index contributed by atoms with van der Waals surface area (Å²) in [4.78, 5) is 12.0. The van der Waals surface area contributed by atoms with Gasteiger partial charge in [-0.25, -0.2) is 0 Å². The highest BCUT2D eigenvalue weighted by molar-refractivity contribution is 7.95. The third kappa shape index (κ3) is 2.26. The van der Waals surface area contributed by atoms with Gasteiger partial charge in [0.1, 0.15) is 5.78 Å². The molecular weight excluding hydrogens is 262 g/mol. The minimum Gasteiger partial charge on any atom is -0.593 e. The van der Waals surface area contributed by atoms with E-state index in [-0.39, 0.29) is 17.9 Å². The van der Waals surface area contributed by atoms with E-state index >= 15 is 0 Å². The maximum absolute atomic E-state index is 12.7. The van der Waals surface area contributed by atoms with Crippen LogP contribution < -0.4 is 0 Å². The molecule has 3 rings (SSSR count). The summed E-state index contributed by atoms with van der Waals surface area (Å²) in [5.41, 5.74) is 0. The van der Waals surface area contributed by atoms with Crippen LogP contribution in [0.3, 0.4) is 0 Å². The average Bonchev–Trinajstić information content (AvgIpc) is 2.38. The van der Waals surface area contributed by atoms with Crippen LogP contribution in [0.5, 0.6) is 0 Å². The second-order valence-corrected chi connectivity index (χ2v) is 7.18. The number of sulfonamides is 1. The number of fused-ring (bicyclic) bond motifs is 2. The summed E-state index contributed by atoms with van der Waals surface area (Å²) in [6.07, 6.45) is 3.37. The number of nitrogens with zero attached hydrogens (tertiary/aromatic N) is 1. The molecule has 0 spiro atoms. The Balaban J connectivity index is 1.97. The van der Waals surface area contributed by atoms with E-state index in [9.17, 15) is 13.6 Å². The fraction of sp³-hybridized carbons (Fsp3) is 0.500. The van der Waals surface area contributed by atoms with E-state index in [1.165, 1.54) is 0 Å². The summed E-state index contributed by atoms with van der Waals surface area (Å²) in [7, 11) is -3.46. The van der Waals surface area contributed by atoms with Gasteiger partial charge < -0.3 is 4.55 Å². The molecule has 1 aromatic rings. The van der Waals surface area contributed by atoms with E-state index in [0.29, 0.717) is 17.7 Å². The van der Waals surface area contributed by atoms with Crippen LogP contribution in [0.4, 0.5) is 0 Å². The lowest BCUT2D eigenvalue weighted by atomic mass is 9.86. The molecule has 0 aromatic heterocycles. The first-order chi connectivity index (χ1) is 9.09. The van der Waals surface area contributed by atoms with Gasteiger partial charge in [-0.15, -0.1) is 4.31 Å². The van der Waals surface area contributed by atoms with Gasteiger partial charge in [0.15, 0.2) is 15.3 Å². The Morgan fingerprint density at radius 2 is 1.68 bits per heavy atom. The predicted molar refractivity (Wildman–Crippen MR) is 71.0 cm³/mol. The SMILES string of the molecule is O=C1CC2CCCC(C1)N2[S+](=O)([O-])c1ccccc1. The second-order valence-electron chi connectivity index (χ2n) is 5.33. The van der Waals surface area contributed by atoms with Crippen molar-refractivity contribution in [3.63, 3.8) is 0 Å². The molecule has 0 saturated carbocycles. The highest BCUT2D eigenvalue weighted by atomic mass is 32.3. The van der Waals surface area contributed by atoms with Crippen LogP contribution in [-0.4, -0.2) is 26.7 Å². The molecule has 3 atom stereocenters. The Hall–Kier alpha value is -1.04. The number of hydrogen-bond donors (Lipinski definition) is 0. The number of piperidine rings is 2. The largest absolute Gasteiger partial charge is 0.593 e. The summed E-state index contributed by atoms with van der Waals surface area (Å²) >= 11 is 0. The van der Waals surface area contributed by atoms with E-state index < -0.39 is 10.4 Å². The van der Waals surface area contributed by atoms with Gasteiger partial charge in [0.2, 0.25) is 0 Å². The van der Waals surface area contributed by atoms with Crippen molar-refractivity contribution < 1.29 is 13.6 Å². The van der Waals surface area contributed by atoms with Gasteiger partial charge in [0, 0.05) is 12.8 Å². The molecule has 102 valence electrons. The standard InChI is InChI=1S/C14H17NO3S/c16-13-9-11-5-4-6-12(10-13)15(11)19(17,18)14-7-2-1-3-8-14/h1-3,7-8,11-12H,4-6,9-10H2. The normalized spacial score (nSPS) is 30.9. The molecule has 19 heavy (non-hydrogen) atoms. The second kappa shape index (κ2) is 4.81. The average molecular weight is 279 g/mol. The third-order valence-electron chi connectivity index (χ3n) is 4.04. The number of benzene rings is 1. The van der Waals surface area contributed by atoms with E-state index in [1.807, 2.05) is 0 Å². The summed E-state index contributed by atoms with van der Waals surface area (Å²) in [5.74, 6) is 0.203. The fourth-order valence-electron chi connectivity index (χ4n) is 3.24. The number of rotatable bonds is 2. The number of carbonyl (C=O) groups excluding carboxylic acids is 1. The van der Waals surface area contributed by atoms with Crippen molar-refractivity contribution in [2.75, 3.05) is 0 Å². The molecule has 1 aromatic carbocycles. The van der Waals surface area contributed by atoms with Gasteiger partial charge in [0.05, 0.1) is 12.1 Å². The van der Waals surface area contributed by atoms with E-state index in [2.05, 4.69) is 0 Å². The minimum absolute atomic E-state index is 0.134.